The van der Waals surface area contributed by atoms with Crippen molar-refractivity contribution in [1.82, 2.24) is 9.78 Å². The Hall–Kier alpha value is -2.57. The number of fused-ring (bicyclic) bond motifs is 2. The van der Waals surface area contributed by atoms with Gasteiger partial charge in [0.25, 0.3) is 5.91 Å². The molecule has 0 spiro atoms. The zero-order valence-corrected chi connectivity index (χ0v) is 21.5. The van der Waals surface area contributed by atoms with E-state index < -0.39 is 30.1 Å². The summed E-state index contributed by atoms with van der Waals surface area (Å²) in [6.45, 7) is 1.87. The van der Waals surface area contributed by atoms with Crippen LogP contribution in [0.1, 0.15) is 74.4 Å². The number of nitrogens with zero attached hydrogens (tertiary/aromatic N) is 2. The summed E-state index contributed by atoms with van der Waals surface area (Å²) in [5.41, 5.74) is 0.809. The molecule has 2 aliphatic rings. The van der Waals surface area contributed by atoms with Gasteiger partial charge in [0.2, 0.25) is 0 Å². The van der Waals surface area contributed by atoms with Crippen molar-refractivity contribution in [2.45, 2.75) is 57.3 Å². The van der Waals surface area contributed by atoms with Crippen LogP contribution in [-0.2, 0) is 17.6 Å². The Morgan fingerprint density at radius 2 is 2.11 bits per heavy atom. The van der Waals surface area contributed by atoms with Crippen LogP contribution in [0.25, 0.3) is 0 Å². The number of rotatable bonds is 5. The van der Waals surface area contributed by atoms with Gasteiger partial charge in [-0.3, -0.25) is 4.79 Å². The number of ether oxygens (including phenoxy) is 1. The second kappa shape index (κ2) is 9.71. The third-order valence-corrected chi connectivity index (χ3v) is 8.83. The van der Waals surface area contributed by atoms with Crippen molar-refractivity contribution in [3.05, 3.63) is 49.1 Å². The number of halogens is 4. The Morgan fingerprint density at radius 3 is 2.81 bits per heavy atom. The Bertz CT molecular complexity index is 1300. The predicted molar refractivity (Wildman–Crippen MR) is 132 cm³/mol. The van der Waals surface area contributed by atoms with E-state index in [0.717, 1.165) is 39.3 Å². The zero-order valence-electron chi connectivity index (χ0n) is 19.1. The maximum Gasteiger partial charge on any atom is 0.410 e. The van der Waals surface area contributed by atoms with Crippen LogP contribution in [0, 0.1) is 0 Å². The molecule has 2 N–H and O–H groups in total. The summed E-state index contributed by atoms with van der Waals surface area (Å²) >= 11 is 9.05. The molecule has 3 aromatic rings. The van der Waals surface area contributed by atoms with E-state index in [2.05, 4.69) is 15.7 Å². The normalized spacial score (nSPS) is 19.2. The molecule has 1 aliphatic carbocycles. The first-order valence-electron chi connectivity index (χ1n) is 11.5. The topological polar surface area (TPSA) is 85.2 Å². The highest BCUT2D eigenvalue weighted by molar-refractivity contribution is 7.17. The van der Waals surface area contributed by atoms with Crippen LogP contribution in [0.4, 0.5) is 24.0 Å². The molecule has 192 valence electrons. The lowest BCUT2D eigenvalue weighted by Gasteiger charge is -2.32. The number of aryl methyl sites for hydroxylation is 1. The largest absolute Gasteiger partial charge is 0.462 e. The second-order valence-corrected chi connectivity index (χ2v) is 11.0. The lowest BCUT2D eigenvalue weighted by molar-refractivity contribution is -0.173. The number of carbonyl (C=O) groups is 2. The SMILES string of the molecule is CCOC(=O)c1c(NC(=O)c2nn3c(c2Cl)N[C@@H](c2cccs2)C[C@H]3C(F)(F)F)sc2c1CCCC2. The molecule has 7 nitrogen and oxygen atoms in total. The van der Waals surface area contributed by atoms with Gasteiger partial charge < -0.3 is 15.4 Å². The van der Waals surface area contributed by atoms with Crippen LogP contribution in [0.3, 0.4) is 0 Å². The van der Waals surface area contributed by atoms with E-state index in [-0.39, 0.29) is 29.6 Å². The molecule has 0 bridgehead atoms. The first kappa shape index (κ1) is 25.1. The van der Waals surface area contributed by atoms with Crippen molar-refractivity contribution in [2.75, 3.05) is 17.2 Å². The van der Waals surface area contributed by atoms with E-state index in [1.165, 1.54) is 22.7 Å². The molecule has 0 unspecified atom stereocenters. The highest BCUT2D eigenvalue weighted by atomic mass is 35.5. The van der Waals surface area contributed by atoms with Crippen LogP contribution in [0.15, 0.2) is 17.5 Å². The minimum Gasteiger partial charge on any atom is -0.462 e. The highest BCUT2D eigenvalue weighted by Crippen LogP contribution is 2.47. The lowest BCUT2D eigenvalue weighted by Crippen LogP contribution is -2.35. The van der Waals surface area contributed by atoms with Gasteiger partial charge in [0, 0.05) is 16.2 Å². The van der Waals surface area contributed by atoms with Gasteiger partial charge in [0.1, 0.15) is 15.8 Å². The van der Waals surface area contributed by atoms with E-state index in [1.807, 2.05) is 0 Å². The third-order valence-electron chi connectivity index (χ3n) is 6.28. The summed E-state index contributed by atoms with van der Waals surface area (Å²) in [5.74, 6) is -1.40. The molecule has 36 heavy (non-hydrogen) atoms. The highest BCUT2D eigenvalue weighted by Gasteiger charge is 2.48. The monoisotopic (exact) mass is 558 g/mol. The van der Waals surface area contributed by atoms with Gasteiger partial charge in [-0.2, -0.15) is 18.3 Å². The summed E-state index contributed by atoms with van der Waals surface area (Å²) < 4.78 is 47.9. The summed E-state index contributed by atoms with van der Waals surface area (Å²) in [7, 11) is 0. The summed E-state index contributed by atoms with van der Waals surface area (Å²) in [4.78, 5) is 27.7. The predicted octanol–water partition coefficient (Wildman–Crippen LogP) is 6.63. The lowest BCUT2D eigenvalue weighted by atomic mass is 9.95. The number of esters is 1. The first-order chi connectivity index (χ1) is 17.2. The number of amides is 1. The van der Waals surface area contributed by atoms with E-state index in [9.17, 15) is 22.8 Å². The number of hydrogen-bond acceptors (Lipinski definition) is 7. The van der Waals surface area contributed by atoms with Crippen molar-refractivity contribution in [3.63, 3.8) is 0 Å². The molecular formula is C23H22ClF3N4O3S2. The van der Waals surface area contributed by atoms with Crippen molar-refractivity contribution >= 4 is 57.0 Å². The maximum absolute atomic E-state index is 14.0. The van der Waals surface area contributed by atoms with Crippen LogP contribution in [-0.4, -0.2) is 34.4 Å². The molecule has 2 atom stereocenters. The Labute approximate surface area is 217 Å². The molecule has 1 amide bonds. The Morgan fingerprint density at radius 1 is 1.33 bits per heavy atom. The molecule has 0 fully saturated rings. The van der Waals surface area contributed by atoms with Gasteiger partial charge in [0.05, 0.1) is 18.2 Å². The van der Waals surface area contributed by atoms with Gasteiger partial charge in [-0.1, -0.05) is 17.7 Å². The molecule has 4 heterocycles. The minimum atomic E-state index is -4.60. The summed E-state index contributed by atoms with van der Waals surface area (Å²) in [5, 5.41) is 11.6. The van der Waals surface area contributed by atoms with Crippen LogP contribution >= 0.6 is 34.3 Å². The molecule has 0 radical (unpaired) electrons. The fourth-order valence-electron chi connectivity index (χ4n) is 4.65. The number of thiophene rings is 2. The number of nitrogens with one attached hydrogen (secondary N) is 2. The third kappa shape index (κ3) is 4.50. The van der Waals surface area contributed by atoms with Gasteiger partial charge in [-0.25, -0.2) is 9.48 Å². The van der Waals surface area contributed by atoms with Gasteiger partial charge in [-0.05, 0) is 49.6 Å². The Kier molecular flexibility index (Phi) is 6.77. The van der Waals surface area contributed by atoms with Crippen LogP contribution in [0.2, 0.25) is 5.02 Å². The van der Waals surface area contributed by atoms with Gasteiger partial charge in [-0.15, -0.1) is 22.7 Å². The first-order valence-corrected chi connectivity index (χ1v) is 13.5. The molecule has 3 aromatic heterocycles. The van der Waals surface area contributed by atoms with Crippen LogP contribution in [0.5, 0.6) is 0 Å². The average molecular weight is 559 g/mol. The van der Waals surface area contributed by atoms with Crippen molar-refractivity contribution in [3.8, 4) is 0 Å². The van der Waals surface area contributed by atoms with E-state index in [0.29, 0.717) is 17.0 Å². The second-order valence-electron chi connectivity index (χ2n) is 8.55. The van der Waals surface area contributed by atoms with E-state index >= 15 is 0 Å². The summed E-state index contributed by atoms with van der Waals surface area (Å²) in [6.07, 6.45) is -1.53. The zero-order chi connectivity index (χ0) is 25.6. The minimum absolute atomic E-state index is 0.0649. The molecule has 1 aliphatic heterocycles. The molecular weight excluding hydrogens is 537 g/mol. The van der Waals surface area contributed by atoms with E-state index in [4.69, 9.17) is 16.3 Å². The molecule has 0 aromatic carbocycles. The van der Waals surface area contributed by atoms with Gasteiger partial charge in [0.15, 0.2) is 11.7 Å². The number of alkyl halides is 3. The van der Waals surface area contributed by atoms with E-state index in [1.54, 1.807) is 24.4 Å². The van der Waals surface area contributed by atoms with Crippen molar-refractivity contribution in [2.24, 2.45) is 0 Å². The van der Waals surface area contributed by atoms with Crippen molar-refractivity contribution in [1.29, 1.82) is 0 Å². The molecule has 0 saturated heterocycles. The van der Waals surface area contributed by atoms with Crippen molar-refractivity contribution < 1.29 is 27.5 Å². The Balaban J connectivity index is 1.50. The smallest absolute Gasteiger partial charge is 0.410 e. The molecule has 13 heteroatoms. The maximum atomic E-state index is 14.0. The standard InChI is InChI=1S/C23H22ClF3N4O3S2/c1-2-34-22(33)16-11-6-3-4-7-13(11)36-21(16)29-20(32)18-17(24)19-28-12(14-8-5-9-35-14)10-15(23(25,26)27)31(19)30-18/h5,8-9,12,15,28H,2-4,6-7,10H2,1H3,(H,29,32)/t12-,15+/m1/s1. The van der Waals surface area contributed by atoms with Crippen LogP contribution < -0.4 is 10.6 Å². The average Bonchev–Trinajstić information content (AvgIpc) is 3.55. The summed E-state index contributed by atoms with van der Waals surface area (Å²) in [6, 6.07) is 0.926. The molecule has 5 rings (SSSR count). The fraction of sp³-hybridized carbons (Fsp3) is 0.435. The number of carbonyl (C=O) groups excluding carboxylic acids is 2. The molecule has 0 saturated carbocycles. The number of anilines is 2. The quantitative estimate of drug-likeness (QED) is 0.343. The fourth-order valence-corrected chi connectivity index (χ4v) is 6.97. The number of hydrogen-bond donors (Lipinski definition) is 2. The number of aromatic nitrogens is 2. The van der Waals surface area contributed by atoms with Gasteiger partial charge >= 0.3 is 12.1 Å².